The molecule has 0 aliphatic carbocycles. The topological polar surface area (TPSA) is 54.2 Å². The van der Waals surface area contributed by atoms with Crippen LogP contribution in [-0.2, 0) is 6.54 Å². The van der Waals surface area contributed by atoms with Crippen LogP contribution in [0.3, 0.4) is 0 Å². The highest BCUT2D eigenvalue weighted by Crippen LogP contribution is 2.14. The molecule has 0 amide bonds. The second-order valence-corrected chi connectivity index (χ2v) is 5.56. The van der Waals surface area contributed by atoms with Crippen LogP contribution < -0.4 is 10.6 Å². The van der Waals surface area contributed by atoms with Gasteiger partial charge in [0.2, 0.25) is 0 Å². The van der Waals surface area contributed by atoms with E-state index in [1.54, 1.807) is 0 Å². The van der Waals surface area contributed by atoms with E-state index in [4.69, 9.17) is 12.2 Å². The molecule has 0 saturated heterocycles. The van der Waals surface area contributed by atoms with Crippen LogP contribution in [0.25, 0.3) is 5.65 Å². The van der Waals surface area contributed by atoms with Gasteiger partial charge in [-0.25, -0.2) is 0 Å². The molecule has 2 aromatic heterocycles. The van der Waals surface area contributed by atoms with Crippen LogP contribution >= 0.6 is 12.2 Å². The Kier molecular flexibility index (Phi) is 4.02. The van der Waals surface area contributed by atoms with Crippen LogP contribution in [0.15, 0.2) is 42.6 Å². The van der Waals surface area contributed by atoms with Gasteiger partial charge in [0.25, 0.3) is 0 Å². The molecule has 0 saturated carbocycles. The van der Waals surface area contributed by atoms with Crippen molar-refractivity contribution in [2.24, 2.45) is 0 Å². The number of thiocarbonyl (C=S) groups is 1. The number of aryl methyl sites for hydroxylation is 2. The molecule has 0 spiro atoms. The molecule has 2 heterocycles. The van der Waals surface area contributed by atoms with Crippen LogP contribution in [0.2, 0.25) is 0 Å². The van der Waals surface area contributed by atoms with Crippen LogP contribution in [0.1, 0.15) is 17.0 Å². The molecule has 0 aliphatic rings. The van der Waals surface area contributed by atoms with Gasteiger partial charge in [0.05, 0.1) is 6.54 Å². The van der Waals surface area contributed by atoms with Gasteiger partial charge in [-0.2, -0.15) is 0 Å². The summed E-state index contributed by atoms with van der Waals surface area (Å²) in [5, 5.41) is 15.2. The van der Waals surface area contributed by atoms with E-state index in [2.05, 4.69) is 46.8 Å². The van der Waals surface area contributed by atoms with Gasteiger partial charge in [-0.3, -0.25) is 4.40 Å². The minimum atomic E-state index is 0.516. The lowest BCUT2D eigenvalue weighted by atomic mass is 10.1. The first kappa shape index (κ1) is 14.5. The molecule has 3 rings (SSSR count). The molecule has 2 N–H and O–H groups in total. The normalized spacial score (nSPS) is 10.6. The minimum absolute atomic E-state index is 0.516. The van der Waals surface area contributed by atoms with E-state index >= 15 is 0 Å². The zero-order valence-electron chi connectivity index (χ0n) is 12.5. The largest absolute Gasteiger partial charge is 0.355 e. The molecule has 0 bridgehead atoms. The number of hydrogen-bond acceptors (Lipinski definition) is 3. The number of benzene rings is 1. The summed E-state index contributed by atoms with van der Waals surface area (Å²) in [7, 11) is 0. The molecule has 0 aliphatic heterocycles. The maximum Gasteiger partial charge on any atom is 0.171 e. The van der Waals surface area contributed by atoms with E-state index in [0.29, 0.717) is 11.7 Å². The summed E-state index contributed by atoms with van der Waals surface area (Å²) in [5.74, 6) is 0.819. The number of fused-ring (bicyclic) bond motifs is 1. The Labute approximate surface area is 134 Å². The molecule has 6 heteroatoms. The summed E-state index contributed by atoms with van der Waals surface area (Å²) < 4.78 is 1.94. The standard InChI is InChI=1S/C16H17N5S/c1-11-6-7-13(9-12(11)2)18-16(22)17-10-15-20-19-14-5-3-4-8-21(14)15/h3-9H,10H2,1-2H3,(H2,17,18,22). The highest BCUT2D eigenvalue weighted by molar-refractivity contribution is 7.80. The van der Waals surface area contributed by atoms with Crippen molar-refractivity contribution in [3.8, 4) is 0 Å². The molecular formula is C16H17N5S. The van der Waals surface area contributed by atoms with Gasteiger partial charge in [0.15, 0.2) is 16.6 Å². The lowest BCUT2D eigenvalue weighted by Crippen LogP contribution is -2.28. The molecule has 1 aromatic carbocycles. The zero-order chi connectivity index (χ0) is 15.5. The van der Waals surface area contributed by atoms with E-state index in [0.717, 1.165) is 17.2 Å². The van der Waals surface area contributed by atoms with Crippen molar-refractivity contribution >= 4 is 28.7 Å². The molecule has 112 valence electrons. The number of hydrogen-bond donors (Lipinski definition) is 2. The number of anilines is 1. The number of aromatic nitrogens is 3. The molecule has 0 fully saturated rings. The summed E-state index contributed by atoms with van der Waals surface area (Å²) >= 11 is 5.33. The summed E-state index contributed by atoms with van der Waals surface area (Å²) in [6.07, 6.45) is 1.94. The smallest absolute Gasteiger partial charge is 0.171 e. The number of rotatable bonds is 3. The lowest BCUT2D eigenvalue weighted by Gasteiger charge is -2.11. The van der Waals surface area contributed by atoms with Gasteiger partial charge in [0.1, 0.15) is 0 Å². The number of nitrogens with one attached hydrogen (secondary N) is 2. The van der Waals surface area contributed by atoms with Crippen LogP contribution in [0, 0.1) is 13.8 Å². The Hall–Kier alpha value is -2.47. The van der Waals surface area contributed by atoms with Gasteiger partial charge in [-0.15, -0.1) is 10.2 Å². The second kappa shape index (κ2) is 6.11. The van der Waals surface area contributed by atoms with Gasteiger partial charge in [-0.1, -0.05) is 12.1 Å². The third-order valence-corrected chi connectivity index (χ3v) is 3.80. The van der Waals surface area contributed by atoms with Gasteiger partial charge < -0.3 is 10.6 Å². The van der Waals surface area contributed by atoms with E-state index in [1.807, 2.05) is 34.9 Å². The van der Waals surface area contributed by atoms with Crippen LogP contribution in [0.4, 0.5) is 5.69 Å². The molecule has 0 unspecified atom stereocenters. The first-order valence-electron chi connectivity index (χ1n) is 7.04. The zero-order valence-corrected chi connectivity index (χ0v) is 13.3. The van der Waals surface area contributed by atoms with Crippen LogP contribution in [0.5, 0.6) is 0 Å². The Bertz CT molecular complexity index is 824. The minimum Gasteiger partial charge on any atom is -0.355 e. The van der Waals surface area contributed by atoms with E-state index in [1.165, 1.54) is 11.1 Å². The first-order valence-corrected chi connectivity index (χ1v) is 7.45. The Morgan fingerprint density at radius 1 is 1.14 bits per heavy atom. The highest BCUT2D eigenvalue weighted by atomic mass is 32.1. The second-order valence-electron chi connectivity index (χ2n) is 5.15. The molecule has 0 radical (unpaired) electrons. The van der Waals surface area contributed by atoms with Crippen molar-refractivity contribution < 1.29 is 0 Å². The summed E-state index contributed by atoms with van der Waals surface area (Å²) in [6.45, 7) is 4.69. The third kappa shape index (κ3) is 3.07. The number of pyridine rings is 1. The highest BCUT2D eigenvalue weighted by Gasteiger charge is 2.05. The van der Waals surface area contributed by atoms with Crippen molar-refractivity contribution in [2.75, 3.05) is 5.32 Å². The van der Waals surface area contributed by atoms with Gasteiger partial charge in [0, 0.05) is 11.9 Å². The quantitative estimate of drug-likeness (QED) is 0.729. The fourth-order valence-electron chi connectivity index (χ4n) is 2.17. The Morgan fingerprint density at radius 3 is 2.82 bits per heavy atom. The Morgan fingerprint density at radius 2 is 2.00 bits per heavy atom. The fourth-order valence-corrected chi connectivity index (χ4v) is 2.36. The molecule has 0 atom stereocenters. The van der Waals surface area contributed by atoms with Gasteiger partial charge >= 0.3 is 0 Å². The summed E-state index contributed by atoms with van der Waals surface area (Å²) in [4.78, 5) is 0. The lowest BCUT2D eigenvalue weighted by molar-refractivity contribution is 0.813. The monoisotopic (exact) mass is 311 g/mol. The summed E-state index contributed by atoms with van der Waals surface area (Å²) in [6, 6.07) is 12.0. The van der Waals surface area contributed by atoms with E-state index in [-0.39, 0.29) is 0 Å². The Balaban J connectivity index is 1.63. The van der Waals surface area contributed by atoms with E-state index < -0.39 is 0 Å². The van der Waals surface area contributed by atoms with Crippen molar-refractivity contribution in [2.45, 2.75) is 20.4 Å². The van der Waals surface area contributed by atoms with E-state index in [9.17, 15) is 0 Å². The molecule has 22 heavy (non-hydrogen) atoms. The predicted molar refractivity (Wildman–Crippen MR) is 92.0 cm³/mol. The average molecular weight is 311 g/mol. The maximum absolute atomic E-state index is 5.33. The molecule has 5 nitrogen and oxygen atoms in total. The maximum atomic E-state index is 5.33. The average Bonchev–Trinajstić information content (AvgIpc) is 2.92. The van der Waals surface area contributed by atoms with Gasteiger partial charge in [-0.05, 0) is 61.5 Å². The fraction of sp³-hybridized carbons (Fsp3) is 0.188. The van der Waals surface area contributed by atoms with Crippen LogP contribution in [-0.4, -0.2) is 19.7 Å². The SMILES string of the molecule is Cc1ccc(NC(=S)NCc2nnc3ccccn23)cc1C. The van der Waals surface area contributed by atoms with Crippen molar-refractivity contribution in [1.82, 2.24) is 19.9 Å². The van der Waals surface area contributed by atoms with Crippen molar-refractivity contribution in [1.29, 1.82) is 0 Å². The molecule has 3 aromatic rings. The van der Waals surface area contributed by atoms with Crippen molar-refractivity contribution in [3.63, 3.8) is 0 Å². The predicted octanol–water partition coefficient (Wildman–Crippen LogP) is 2.83. The molecular weight excluding hydrogens is 294 g/mol. The summed E-state index contributed by atoms with van der Waals surface area (Å²) in [5.41, 5.74) is 4.30. The first-order chi connectivity index (χ1) is 10.6. The van der Waals surface area contributed by atoms with Crippen molar-refractivity contribution in [3.05, 3.63) is 59.5 Å². The third-order valence-electron chi connectivity index (χ3n) is 3.56. The number of nitrogens with zero attached hydrogens (tertiary/aromatic N) is 3.